The Labute approximate surface area is 95.0 Å². The third kappa shape index (κ3) is 4.38. The maximum Gasteiger partial charge on any atom is 0.308 e. The molecule has 0 N–H and O–H groups in total. The van der Waals surface area contributed by atoms with E-state index in [0.717, 1.165) is 4.90 Å². The van der Waals surface area contributed by atoms with Crippen molar-refractivity contribution in [1.29, 1.82) is 0 Å². The Hall–Kier alpha value is -0.960. The Kier molecular flexibility index (Phi) is 3.80. The maximum atomic E-state index is 10.9. The summed E-state index contributed by atoms with van der Waals surface area (Å²) in [5.74, 6) is 0.363. The first kappa shape index (κ1) is 12.1. The highest BCUT2D eigenvalue weighted by Crippen LogP contribution is 2.37. The van der Waals surface area contributed by atoms with Gasteiger partial charge in [0.2, 0.25) is 0 Å². The SMILES string of the molecule is CC(=O)Oc1ccccc1SC(C)(C)C. The van der Waals surface area contributed by atoms with Crippen LogP contribution in [0, 0.1) is 0 Å². The van der Waals surface area contributed by atoms with Crippen LogP contribution in [-0.2, 0) is 4.79 Å². The van der Waals surface area contributed by atoms with E-state index in [4.69, 9.17) is 4.74 Å². The zero-order chi connectivity index (χ0) is 11.5. The minimum Gasteiger partial charge on any atom is -0.426 e. The topological polar surface area (TPSA) is 26.3 Å². The highest BCUT2D eigenvalue weighted by molar-refractivity contribution is 8.00. The fourth-order valence-electron chi connectivity index (χ4n) is 1.10. The number of para-hydroxylation sites is 1. The van der Waals surface area contributed by atoms with Crippen molar-refractivity contribution in [1.82, 2.24) is 0 Å². The molecule has 1 rings (SSSR count). The van der Waals surface area contributed by atoms with E-state index in [2.05, 4.69) is 20.8 Å². The first-order valence-electron chi connectivity index (χ1n) is 4.85. The molecule has 2 nitrogen and oxygen atoms in total. The summed E-state index contributed by atoms with van der Waals surface area (Å²) < 4.78 is 5.24. The lowest BCUT2D eigenvalue weighted by molar-refractivity contribution is -0.132. The van der Waals surface area contributed by atoms with E-state index in [0.29, 0.717) is 5.75 Å². The Morgan fingerprint density at radius 3 is 2.40 bits per heavy atom. The molecule has 0 atom stereocenters. The van der Waals surface area contributed by atoms with Crippen LogP contribution in [0.1, 0.15) is 27.7 Å². The molecule has 0 fully saturated rings. The summed E-state index contributed by atoms with van der Waals surface area (Å²) in [6.07, 6.45) is 0. The molecule has 0 radical (unpaired) electrons. The molecule has 15 heavy (non-hydrogen) atoms. The number of thioether (sulfide) groups is 1. The standard InChI is InChI=1S/C12H16O2S/c1-9(13)14-10-7-5-6-8-11(10)15-12(2,3)4/h5-8H,1-4H3. The van der Waals surface area contributed by atoms with Crippen LogP contribution < -0.4 is 4.74 Å². The normalized spacial score (nSPS) is 11.2. The van der Waals surface area contributed by atoms with E-state index >= 15 is 0 Å². The zero-order valence-electron chi connectivity index (χ0n) is 9.53. The molecule has 0 aromatic heterocycles. The van der Waals surface area contributed by atoms with Crippen molar-refractivity contribution in [3.63, 3.8) is 0 Å². The number of benzene rings is 1. The Balaban J connectivity index is 2.91. The third-order valence-electron chi connectivity index (χ3n) is 1.52. The lowest BCUT2D eigenvalue weighted by atomic mass is 10.3. The van der Waals surface area contributed by atoms with Gasteiger partial charge in [-0.25, -0.2) is 0 Å². The van der Waals surface area contributed by atoms with Crippen LogP contribution in [0.25, 0.3) is 0 Å². The number of hydrogen-bond donors (Lipinski definition) is 0. The van der Waals surface area contributed by atoms with Gasteiger partial charge in [0.05, 0.1) is 4.90 Å². The second kappa shape index (κ2) is 4.71. The van der Waals surface area contributed by atoms with E-state index in [9.17, 15) is 4.79 Å². The molecule has 1 aromatic carbocycles. The molecule has 0 saturated heterocycles. The fourth-order valence-corrected chi connectivity index (χ4v) is 2.12. The van der Waals surface area contributed by atoms with Crippen molar-refractivity contribution < 1.29 is 9.53 Å². The van der Waals surface area contributed by atoms with Crippen molar-refractivity contribution in [2.45, 2.75) is 37.3 Å². The van der Waals surface area contributed by atoms with Gasteiger partial charge in [0.25, 0.3) is 0 Å². The van der Waals surface area contributed by atoms with Gasteiger partial charge >= 0.3 is 5.97 Å². The first-order valence-corrected chi connectivity index (χ1v) is 5.66. The molecule has 0 heterocycles. The molecule has 0 amide bonds. The van der Waals surface area contributed by atoms with Gasteiger partial charge in [-0.15, -0.1) is 11.8 Å². The smallest absolute Gasteiger partial charge is 0.308 e. The van der Waals surface area contributed by atoms with Crippen LogP contribution in [0.4, 0.5) is 0 Å². The predicted molar refractivity (Wildman–Crippen MR) is 63.4 cm³/mol. The van der Waals surface area contributed by atoms with Crippen molar-refractivity contribution in [2.24, 2.45) is 0 Å². The molecule has 1 aromatic rings. The van der Waals surface area contributed by atoms with E-state index in [1.807, 2.05) is 24.3 Å². The van der Waals surface area contributed by atoms with E-state index in [-0.39, 0.29) is 10.7 Å². The number of carbonyl (C=O) groups is 1. The third-order valence-corrected chi connectivity index (χ3v) is 2.69. The quantitative estimate of drug-likeness (QED) is 0.437. The molecule has 0 aliphatic carbocycles. The summed E-state index contributed by atoms with van der Waals surface area (Å²) in [6.45, 7) is 7.80. The molecule has 0 aliphatic rings. The second-order valence-electron chi connectivity index (χ2n) is 4.25. The summed E-state index contributed by atoms with van der Waals surface area (Å²) in [5.41, 5.74) is 0. The lowest BCUT2D eigenvalue weighted by Gasteiger charge is -2.19. The van der Waals surface area contributed by atoms with Gasteiger partial charge in [-0.2, -0.15) is 0 Å². The highest BCUT2D eigenvalue weighted by atomic mass is 32.2. The van der Waals surface area contributed by atoms with Gasteiger partial charge in [0, 0.05) is 11.7 Å². The van der Waals surface area contributed by atoms with Gasteiger partial charge in [-0.3, -0.25) is 4.79 Å². The number of hydrogen-bond acceptors (Lipinski definition) is 3. The molecular formula is C12H16O2S. The van der Waals surface area contributed by atoms with Crippen molar-refractivity contribution >= 4 is 17.7 Å². The molecule has 3 heteroatoms. The molecule has 0 aliphatic heterocycles. The maximum absolute atomic E-state index is 10.9. The van der Waals surface area contributed by atoms with Crippen molar-refractivity contribution in [3.05, 3.63) is 24.3 Å². The summed E-state index contributed by atoms with van der Waals surface area (Å²) in [7, 11) is 0. The summed E-state index contributed by atoms with van der Waals surface area (Å²) in [6, 6.07) is 7.59. The minimum absolute atomic E-state index is 0.107. The van der Waals surface area contributed by atoms with E-state index < -0.39 is 0 Å². The Bertz CT molecular complexity index is 353. The van der Waals surface area contributed by atoms with Crippen LogP contribution in [0.5, 0.6) is 5.75 Å². The van der Waals surface area contributed by atoms with Crippen LogP contribution in [0.2, 0.25) is 0 Å². The molecule has 0 bridgehead atoms. The lowest BCUT2D eigenvalue weighted by Crippen LogP contribution is -2.08. The van der Waals surface area contributed by atoms with Gasteiger partial charge < -0.3 is 4.74 Å². The van der Waals surface area contributed by atoms with E-state index in [1.54, 1.807) is 11.8 Å². The predicted octanol–water partition coefficient (Wildman–Crippen LogP) is 3.50. The van der Waals surface area contributed by atoms with E-state index in [1.165, 1.54) is 6.92 Å². The van der Waals surface area contributed by atoms with Gasteiger partial charge in [0.1, 0.15) is 5.75 Å². The largest absolute Gasteiger partial charge is 0.426 e. The summed E-state index contributed by atoms with van der Waals surface area (Å²) >= 11 is 1.69. The van der Waals surface area contributed by atoms with Gasteiger partial charge in [0.15, 0.2) is 0 Å². The van der Waals surface area contributed by atoms with Crippen molar-refractivity contribution in [2.75, 3.05) is 0 Å². The fraction of sp³-hybridized carbons (Fsp3) is 0.417. The summed E-state index contributed by atoms with van der Waals surface area (Å²) in [4.78, 5) is 11.9. The van der Waals surface area contributed by atoms with Crippen LogP contribution in [-0.4, -0.2) is 10.7 Å². The average Bonchev–Trinajstić information content (AvgIpc) is 2.05. The molecule has 0 unspecified atom stereocenters. The molecule has 0 saturated carbocycles. The molecule has 82 valence electrons. The average molecular weight is 224 g/mol. The number of esters is 1. The van der Waals surface area contributed by atoms with Gasteiger partial charge in [-0.05, 0) is 12.1 Å². The molecule has 0 spiro atoms. The number of rotatable bonds is 2. The molecular weight excluding hydrogens is 208 g/mol. The van der Waals surface area contributed by atoms with Crippen molar-refractivity contribution in [3.8, 4) is 5.75 Å². The first-order chi connectivity index (χ1) is 6.88. The Morgan fingerprint density at radius 2 is 1.87 bits per heavy atom. The Morgan fingerprint density at radius 1 is 1.27 bits per heavy atom. The second-order valence-corrected chi connectivity index (χ2v) is 6.12. The monoisotopic (exact) mass is 224 g/mol. The van der Waals surface area contributed by atoms with Crippen LogP contribution in [0.15, 0.2) is 29.2 Å². The number of carbonyl (C=O) groups excluding carboxylic acids is 1. The summed E-state index contributed by atoms with van der Waals surface area (Å²) in [5, 5.41) is 0. The number of ether oxygens (including phenoxy) is 1. The minimum atomic E-state index is -0.281. The van der Waals surface area contributed by atoms with Crippen LogP contribution in [0.3, 0.4) is 0 Å². The highest BCUT2D eigenvalue weighted by Gasteiger charge is 2.15. The van der Waals surface area contributed by atoms with Crippen LogP contribution >= 0.6 is 11.8 Å². The van der Waals surface area contributed by atoms with Gasteiger partial charge in [-0.1, -0.05) is 32.9 Å². The zero-order valence-corrected chi connectivity index (χ0v) is 10.4.